The molecule has 0 aliphatic heterocycles. The topological polar surface area (TPSA) is 36.7 Å². The summed E-state index contributed by atoms with van der Waals surface area (Å²) in [5.74, 6) is 0. The molecule has 0 radical (unpaired) electrons. The number of hydrogen-bond acceptors (Lipinski definition) is 2. The summed E-state index contributed by atoms with van der Waals surface area (Å²) in [6.07, 6.45) is 1.67. The molecule has 1 heterocycles. The van der Waals surface area contributed by atoms with Crippen molar-refractivity contribution in [1.29, 1.82) is 5.26 Å². The van der Waals surface area contributed by atoms with Crippen LogP contribution in [0.5, 0.6) is 0 Å². The molecule has 18 heavy (non-hydrogen) atoms. The molecule has 2 aromatic rings. The van der Waals surface area contributed by atoms with E-state index in [1.54, 1.807) is 6.20 Å². The van der Waals surface area contributed by atoms with Crippen LogP contribution in [0.4, 0.5) is 0 Å². The van der Waals surface area contributed by atoms with Gasteiger partial charge in [0.25, 0.3) is 0 Å². The summed E-state index contributed by atoms with van der Waals surface area (Å²) >= 11 is 0. The minimum absolute atomic E-state index is 0.161. The molecule has 2 heteroatoms. The van der Waals surface area contributed by atoms with Crippen LogP contribution in [0.25, 0.3) is 11.1 Å². The molecule has 1 aromatic heterocycles. The van der Waals surface area contributed by atoms with Crippen LogP contribution in [0.3, 0.4) is 0 Å². The third kappa shape index (κ3) is 2.57. The Kier molecular flexibility index (Phi) is 3.16. The Hall–Kier alpha value is -2.14. The van der Waals surface area contributed by atoms with E-state index < -0.39 is 0 Å². The lowest BCUT2D eigenvalue weighted by Crippen LogP contribution is -2.10. The van der Waals surface area contributed by atoms with Gasteiger partial charge in [0.2, 0.25) is 0 Å². The second kappa shape index (κ2) is 4.62. The predicted octanol–water partition coefficient (Wildman–Crippen LogP) is 3.92. The summed E-state index contributed by atoms with van der Waals surface area (Å²) in [4.78, 5) is 3.98. The molecule has 2 rings (SSSR count). The summed E-state index contributed by atoms with van der Waals surface area (Å²) in [6.45, 7) is 6.59. The van der Waals surface area contributed by atoms with E-state index in [9.17, 15) is 0 Å². The van der Waals surface area contributed by atoms with E-state index >= 15 is 0 Å². The molecular formula is C16H16N2. The Labute approximate surface area is 108 Å². The van der Waals surface area contributed by atoms with Crippen molar-refractivity contribution in [1.82, 2.24) is 4.98 Å². The predicted molar refractivity (Wildman–Crippen MR) is 73.1 cm³/mol. The molecule has 0 atom stereocenters. The van der Waals surface area contributed by atoms with E-state index in [1.807, 2.05) is 12.1 Å². The first-order valence-corrected chi connectivity index (χ1v) is 5.98. The lowest BCUT2D eigenvalue weighted by Gasteiger charge is -2.19. The Morgan fingerprint density at radius 3 is 2.22 bits per heavy atom. The van der Waals surface area contributed by atoms with Crippen molar-refractivity contribution in [3.63, 3.8) is 0 Å². The van der Waals surface area contributed by atoms with Crippen LogP contribution in [0.15, 0.2) is 42.6 Å². The maximum absolute atomic E-state index is 8.85. The number of benzene rings is 1. The first-order valence-electron chi connectivity index (χ1n) is 5.98. The van der Waals surface area contributed by atoms with Crippen LogP contribution in [-0.4, -0.2) is 4.98 Å². The molecule has 0 amide bonds. The van der Waals surface area contributed by atoms with Gasteiger partial charge in [0, 0.05) is 6.20 Å². The summed E-state index contributed by atoms with van der Waals surface area (Å²) in [7, 11) is 0. The van der Waals surface area contributed by atoms with Gasteiger partial charge in [-0.05, 0) is 34.2 Å². The summed E-state index contributed by atoms with van der Waals surface area (Å²) in [5, 5.41) is 8.85. The van der Waals surface area contributed by atoms with E-state index in [1.165, 1.54) is 5.56 Å². The van der Waals surface area contributed by atoms with E-state index in [4.69, 9.17) is 5.26 Å². The van der Waals surface area contributed by atoms with Crippen molar-refractivity contribution in [2.75, 3.05) is 0 Å². The lowest BCUT2D eigenvalue weighted by atomic mass is 9.86. The van der Waals surface area contributed by atoms with Gasteiger partial charge in [-0.15, -0.1) is 0 Å². The zero-order valence-electron chi connectivity index (χ0n) is 10.9. The fourth-order valence-corrected chi connectivity index (χ4v) is 1.83. The molecule has 0 unspecified atom stereocenters. The number of aromatic nitrogens is 1. The largest absolute Gasteiger partial charge is 0.246 e. The number of nitriles is 1. The zero-order valence-corrected chi connectivity index (χ0v) is 10.9. The molecule has 0 bridgehead atoms. The highest BCUT2D eigenvalue weighted by Crippen LogP contribution is 2.26. The number of pyridine rings is 1. The number of nitrogens with zero attached hydrogens (tertiary/aromatic N) is 2. The van der Waals surface area contributed by atoms with E-state index in [0.29, 0.717) is 5.69 Å². The monoisotopic (exact) mass is 236 g/mol. The molecule has 90 valence electrons. The highest BCUT2D eigenvalue weighted by Gasteiger charge is 2.13. The molecule has 0 fully saturated rings. The Morgan fingerprint density at radius 1 is 1.00 bits per heavy atom. The first-order chi connectivity index (χ1) is 8.50. The summed E-state index contributed by atoms with van der Waals surface area (Å²) in [6, 6.07) is 14.3. The van der Waals surface area contributed by atoms with E-state index in [0.717, 1.165) is 11.1 Å². The van der Waals surface area contributed by atoms with Crippen molar-refractivity contribution in [2.45, 2.75) is 26.2 Å². The molecule has 0 saturated carbocycles. The van der Waals surface area contributed by atoms with Crippen LogP contribution in [-0.2, 0) is 5.41 Å². The van der Waals surface area contributed by atoms with Crippen LogP contribution in [0.2, 0.25) is 0 Å². The number of rotatable bonds is 1. The molecular weight excluding hydrogens is 220 g/mol. The minimum Gasteiger partial charge on any atom is -0.246 e. The molecule has 0 spiro atoms. The van der Waals surface area contributed by atoms with Gasteiger partial charge < -0.3 is 0 Å². The Balaban J connectivity index is 2.38. The normalized spacial score (nSPS) is 11.0. The lowest BCUT2D eigenvalue weighted by molar-refractivity contribution is 0.590. The standard InChI is InChI=1S/C16H16N2/c1-16(2,3)14-6-4-12(5-7-14)13-8-9-18-15(10-13)11-17/h4-10H,1-3H3. The smallest absolute Gasteiger partial charge is 0.141 e. The molecule has 0 aliphatic rings. The quantitative estimate of drug-likeness (QED) is 0.752. The minimum atomic E-state index is 0.161. The second-order valence-corrected chi connectivity index (χ2v) is 5.37. The average Bonchev–Trinajstić information content (AvgIpc) is 2.38. The first kappa shape index (κ1) is 12.3. The molecule has 1 aromatic carbocycles. The highest BCUT2D eigenvalue weighted by atomic mass is 14.7. The Morgan fingerprint density at radius 2 is 1.67 bits per heavy atom. The van der Waals surface area contributed by atoms with Gasteiger partial charge in [0.1, 0.15) is 11.8 Å². The van der Waals surface area contributed by atoms with E-state index in [2.05, 4.69) is 56.1 Å². The second-order valence-electron chi connectivity index (χ2n) is 5.37. The van der Waals surface area contributed by atoms with Crippen molar-refractivity contribution >= 4 is 0 Å². The van der Waals surface area contributed by atoms with Crippen LogP contribution < -0.4 is 0 Å². The van der Waals surface area contributed by atoms with Gasteiger partial charge in [0.05, 0.1) is 0 Å². The summed E-state index contributed by atoms with van der Waals surface area (Å²) < 4.78 is 0. The van der Waals surface area contributed by atoms with Gasteiger partial charge in [-0.3, -0.25) is 0 Å². The fraction of sp³-hybridized carbons (Fsp3) is 0.250. The fourth-order valence-electron chi connectivity index (χ4n) is 1.83. The third-order valence-corrected chi connectivity index (χ3v) is 2.96. The van der Waals surface area contributed by atoms with Gasteiger partial charge in [-0.25, -0.2) is 4.98 Å². The van der Waals surface area contributed by atoms with Crippen LogP contribution in [0, 0.1) is 11.3 Å². The van der Waals surface area contributed by atoms with E-state index in [-0.39, 0.29) is 5.41 Å². The zero-order chi connectivity index (χ0) is 13.2. The van der Waals surface area contributed by atoms with Crippen molar-refractivity contribution in [3.8, 4) is 17.2 Å². The molecule has 0 aliphatic carbocycles. The van der Waals surface area contributed by atoms with Crippen molar-refractivity contribution in [3.05, 3.63) is 53.9 Å². The third-order valence-electron chi connectivity index (χ3n) is 2.96. The maximum Gasteiger partial charge on any atom is 0.141 e. The summed E-state index contributed by atoms with van der Waals surface area (Å²) in [5.41, 5.74) is 4.06. The van der Waals surface area contributed by atoms with Gasteiger partial charge in [-0.1, -0.05) is 45.0 Å². The van der Waals surface area contributed by atoms with Crippen LogP contribution >= 0.6 is 0 Å². The molecule has 0 N–H and O–H groups in total. The van der Waals surface area contributed by atoms with Crippen molar-refractivity contribution in [2.24, 2.45) is 0 Å². The average molecular weight is 236 g/mol. The molecule has 0 saturated heterocycles. The van der Waals surface area contributed by atoms with Gasteiger partial charge in [-0.2, -0.15) is 5.26 Å². The highest BCUT2D eigenvalue weighted by molar-refractivity contribution is 5.64. The van der Waals surface area contributed by atoms with Gasteiger partial charge >= 0.3 is 0 Å². The van der Waals surface area contributed by atoms with Crippen LogP contribution in [0.1, 0.15) is 32.0 Å². The molecule has 2 nitrogen and oxygen atoms in total. The Bertz CT molecular complexity index is 584. The van der Waals surface area contributed by atoms with Gasteiger partial charge in [0.15, 0.2) is 0 Å². The van der Waals surface area contributed by atoms with Crippen molar-refractivity contribution < 1.29 is 0 Å². The maximum atomic E-state index is 8.85. The number of hydrogen-bond donors (Lipinski definition) is 0. The SMILES string of the molecule is CC(C)(C)c1ccc(-c2ccnc(C#N)c2)cc1.